The molecule has 3 aromatic rings. The SMILES string of the molecule is N#CC1=C(N)Oc2ccc3ccccc3c2[C@@H]1c1cccs1. The quantitative estimate of drug-likeness (QED) is 0.735. The minimum absolute atomic E-state index is 0.167. The van der Waals surface area contributed by atoms with Crippen LogP contribution in [0.5, 0.6) is 5.75 Å². The number of benzene rings is 2. The molecular formula is C18H12N2OS. The summed E-state index contributed by atoms with van der Waals surface area (Å²) < 4.78 is 5.71. The van der Waals surface area contributed by atoms with Gasteiger partial charge in [0.15, 0.2) is 0 Å². The zero-order valence-corrected chi connectivity index (χ0v) is 12.4. The third-order valence-electron chi connectivity index (χ3n) is 3.94. The first-order valence-electron chi connectivity index (χ1n) is 6.92. The Kier molecular flexibility index (Phi) is 2.88. The van der Waals surface area contributed by atoms with Crippen LogP contribution in [0.25, 0.3) is 10.8 Å². The summed E-state index contributed by atoms with van der Waals surface area (Å²) >= 11 is 1.63. The van der Waals surface area contributed by atoms with E-state index in [0.717, 1.165) is 27.0 Å². The third kappa shape index (κ3) is 1.80. The summed E-state index contributed by atoms with van der Waals surface area (Å²) in [7, 11) is 0. The van der Waals surface area contributed by atoms with E-state index in [-0.39, 0.29) is 11.8 Å². The molecule has 0 aliphatic carbocycles. The maximum atomic E-state index is 9.57. The second-order valence-corrected chi connectivity index (χ2v) is 6.12. The molecule has 22 heavy (non-hydrogen) atoms. The average molecular weight is 304 g/mol. The number of allylic oxidation sites excluding steroid dienone is 1. The predicted molar refractivity (Wildman–Crippen MR) is 87.6 cm³/mol. The maximum Gasteiger partial charge on any atom is 0.205 e. The fourth-order valence-corrected chi connectivity index (χ4v) is 3.83. The van der Waals surface area contributed by atoms with E-state index in [1.165, 1.54) is 0 Å². The standard InChI is InChI=1S/C18H12N2OS/c19-10-13-17(15-6-3-9-22-15)16-12-5-2-1-4-11(12)7-8-14(16)21-18(13)20/h1-9,17H,20H2/t17-/m0/s1. The normalized spacial score (nSPS) is 17.0. The van der Waals surface area contributed by atoms with Crippen LogP contribution in [0.2, 0.25) is 0 Å². The Bertz CT molecular complexity index is 935. The van der Waals surface area contributed by atoms with Gasteiger partial charge in [-0.1, -0.05) is 36.4 Å². The molecule has 1 aliphatic heterocycles. The molecule has 2 N–H and O–H groups in total. The van der Waals surface area contributed by atoms with Crippen LogP contribution in [0.15, 0.2) is 65.4 Å². The van der Waals surface area contributed by atoms with Gasteiger partial charge in [-0.15, -0.1) is 11.3 Å². The molecule has 3 nitrogen and oxygen atoms in total. The summed E-state index contributed by atoms with van der Waals surface area (Å²) in [6, 6.07) is 18.4. The number of hydrogen-bond acceptors (Lipinski definition) is 4. The van der Waals surface area contributed by atoms with Crippen LogP contribution in [0.3, 0.4) is 0 Å². The summed E-state index contributed by atoms with van der Waals surface area (Å²) in [4.78, 5) is 1.10. The van der Waals surface area contributed by atoms with Gasteiger partial charge in [0.05, 0.1) is 5.92 Å². The molecule has 0 saturated carbocycles. The Hall–Kier alpha value is -2.77. The number of nitrogens with zero attached hydrogens (tertiary/aromatic N) is 1. The Morgan fingerprint density at radius 1 is 1.09 bits per heavy atom. The zero-order valence-electron chi connectivity index (χ0n) is 11.6. The molecule has 1 aromatic heterocycles. The number of thiophene rings is 1. The number of nitrogens with two attached hydrogens (primary N) is 1. The fraction of sp³-hybridized carbons (Fsp3) is 0.0556. The Morgan fingerprint density at radius 3 is 2.73 bits per heavy atom. The van der Waals surface area contributed by atoms with E-state index < -0.39 is 0 Å². The fourth-order valence-electron chi connectivity index (χ4n) is 2.98. The molecule has 1 atom stereocenters. The predicted octanol–water partition coefficient (Wildman–Crippen LogP) is 4.12. The van der Waals surface area contributed by atoms with Crippen molar-refractivity contribution >= 4 is 22.1 Å². The largest absolute Gasteiger partial charge is 0.440 e. The van der Waals surface area contributed by atoms with Crippen LogP contribution in [0.1, 0.15) is 16.4 Å². The molecule has 4 rings (SSSR count). The number of fused-ring (bicyclic) bond motifs is 3. The molecule has 1 aliphatic rings. The minimum Gasteiger partial charge on any atom is -0.440 e. The van der Waals surface area contributed by atoms with Crippen molar-refractivity contribution in [2.24, 2.45) is 5.73 Å². The van der Waals surface area contributed by atoms with Crippen LogP contribution in [-0.2, 0) is 0 Å². The number of nitriles is 1. The summed E-state index contributed by atoms with van der Waals surface area (Å²) in [5.74, 6) is 0.761. The van der Waals surface area contributed by atoms with Crippen LogP contribution >= 0.6 is 11.3 Å². The van der Waals surface area contributed by atoms with Crippen molar-refractivity contribution in [3.63, 3.8) is 0 Å². The Morgan fingerprint density at radius 2 is 1.95 bits per heavy atom. The van der Waals surface area contributed by atoms with E-state index in [4.69, 9.17) is 10.5 Å². The highest BCUT2D eigenvalue weighted by Gasteiger charge is 2.32. The molecule has 0 unspecified atom stereocenters. The van der Waals surface area contributed by atoms with Crippen molar-refractivity contribution in [3.8, 4) is 11.8 Å². The van der Waals surface area contributed by atoms with E-state index in [1.54, 1.807) is 11.3 Å². The summed E-state index contributed by atoms with van der Waals surface area (Å²) in [5.41, 5.74) is 7.48. The van der Waals surface area contributed by atoms with Gasteiger partial charge < -0.3 is 10.5 Å². The molecule has 0 amide bonds. The molecular weight excluding hydrogens is 292 g/mol. The second kappa shape index (κ2) is 4.90. The van der Waals surface area contributed by atoms with E-state index in [9.17, 15) is 5.26 Å². The summed E-state index contributed by atoms with van der Waals surface area (Å²) in [5, 5.41) is 13.8. The van der Waals surface area contributed by atoms with Crippen LogP contribution in [0.4, 0.5) is 0 Å². The number of hydrogen-bond donors (Lipinski definition) is 1. The Balaban J connectivity index is 2.08. The first kappa shape index (κ1) is 12.9. The third-order valence-corrected chi connectivity index (χ3v) is 4.88. The molecule has 0 spiro atoms. The van der Waals surface area contributed by atoms with Gasteiger partial charge in [0, 0.05) is 10.4 Å². The van der Waals surface area contributed by atoms with Crippen molar-refractivity contribution in [3.05, 3.63) is 75.8 Å². The lowest BCUT2D eigenvalue weighted by atomic mass is 9.85. The first-order valence-corrected chi connectivity index (χ1v) is 7.80. The smallest absolute Gasteiger partial charge is 0.205 e. The zero-order chi connectivity index (χ0) is 15.1. The highest BCUT2D eigenvalue weighted by atomic mass is 32.1. The van der Waals surface area contributed by atoms with E-state index in [1.807, 2.05) is 41.8 Å². The van der Waals surface area contributed by atoms with E-state index in [2.05, 4.69) is 18.2 Å². The lowest BCUT2D eigenvalue weighted by Crippen LogP contribution is -2.20. The highest BCUT2D eigenvalue weighted by Crippen LogP contribution is 2.46. The second-order valence-electron chi connectivity index (χ2n) is 5.14. The van der Waals surface area contributed by atoms with E-state index >= 15 is 0 Å². The molecule has 106 valence electrons. The number of rotatable bonds is 1. The van der Waals surface area contributed by atoms with Crippen LogP contribution in [-0.4, -0.2) is 0 Å². The van der Waals surface area contributed by atoms with Crippen molar-refractivity contribution < 1.29 is 4.74 Å². The molecule has 0 fully saturated rings. The van der Waals surface area contributed by atoms with Gasteiger partial charge in [-0.25, -0.2) is 0 Å². The molecule has 0 radical (unpaired) electrons. The van der Waals surface area contributed by atoms with Crippen molar-refractivity contribution in [1.82, 2.24) is 0 Å². The van der Waals surface area contributed by atoms with Gasteiger partial charge >= 0.3 is 0 Å². The molecule has 0 bridgehead atoms. The summed E-state index contributed by atoms with van der Waals surface area (Å²) in [6.45, 7) is 0. The first-order chi connectivity index (χ1) is 10.8. The summed E-state index contributed by atoms with van der Waals surface area (Å²) in [6.07, 6.45) is 0. The van der Waals surface area contributed by atoms with Crippen molar-refractivity contribution in [2.45, 2.75) is 5.92 Å². The van der Waals surface area contributed by atoms with Crippen LogP contribution < -0.4 is 10.5 Å². The lowest BCUT2D eigenvalue weighted by Gasteiger charge is -2.26. The molecule has 2 aromatic carbocycles. The molecule has 2 heterocycles. The monoisotopic (exact) mass is 304 g/mol. The van der Waals surface area contributed by atoms with Crippen LogP contribution in [0, 0.1) is 11.3 Å². The van der Waals surface area contributed by atoms with Crippen molar-refractivity contribution in [1.29, 1.82) is 5.26 Å². The minimum atomic E-state index is -0.167. The average Bonchev–Trinajstić information content (AvgIpc) is 3.07. The topological polar surface area (TPSA) is 59.0 Å². The molecule has 4 heteroatoms. The van der Waals surface area contributed by atoms with Gasteiger partial charge in [0.1, 0.15) is 17.4 Å². The van der Waals surface area contributed by atoms with Crippen molar-refractivity contribution in [2.75, 3.05) is 0 Å². The Labute approximate surface area is 131 Å². The highest BCUT2D eigenvalue weighted by molar-refractivity contribution is 7.10. The van der Waals surface area contributed by atoms with Gasteiger partial charge in [0.2, 0.25) is 5.88 Å². The van der Waals surface area contributed by atoms with Gasteiger partial charge in [-0.3, -0.25) is 0 Å². The number of ether oxygens (including phenoxy) is 1. The van der Waals surface area contributed by atoms with Gasteiger partial charge in [-0.05, 0) is 28.3 Å². The molecule has 0 saturated heterocycles. The van der Waals surface area contributed by atoms with Gasteiger partial charge in [0.25, 0.3) is 0 Å². The van der Waals surface area contributed by atoms with E-state index in [0.29, 0.717) is 5.57 Å². The van der Waals surface area contributed by atoms with Gasteiger partial charge in [-0.2, -0.15) is 5.26 Å². The maximum absolute atomic E-state index is 9.57. The lowest BCUT2D eigenvalue weighted by molar-refractivity contribution is 0.395.